The molecule has 0 spiro atoms. The minimum absolute atomic E-state index is 0.188. The second-order valence-corrected chi connectivity index (χ2v) is 6.70. The molecule has 1 heterocycles. The van der Waals surface area contributed by atoms with Crippen LogP contribution in [0, 0.1) is 29.6 Å². The monoisotopic (exact) mass is 406 g/mol. The minimum Gasteiger partial charge on any atom is -0.480 e. The van der Waals surface area contributed by atoms with Crippen molar-refractivity contribution in [1.29, 1.82) is 10.5 Å². The lowest BCUT2D eigenvalue weighted by molar-refractivity contribution is -0.139. The number of aromatic nitrogens is 1. The van der Waals surface area contributed by atoms with Crippen LogP contribution < -0.4 is 20.9 Å². The highest BCUT2D eigenvalue weighted by Crippen LogP contribution is 2.29. The molecule has 0 bridgehead atoms. The summed E-state index contributed by atoms with van der Waals surface area (Å²) in [5.74, 6) is -0.672. The van der Waals surface area contributed by atoms with Crippen LogP contribution in [0.4, 0.5) is 5.82 Å². The van der Waals surface area contributed by atoms with Gasteiger partial charge in [0.25, 0.3) is 0 Å². The van der Waals surface area contributed by atoms with E-state index in [0.29, 0.717) is 43.9 Å². The molecule has 144 valence electrons. The van der Waals surface area contributed by atoms with Gasteiger partial charge in [-0.1, -0.05) is 24.2 Å². The lowest BCUT2D eigenvalue weighted by Crippen LogP contribution is -2.21. The molecule has 1 aromatic carbocycles. The molecule has 3 rings (SSSR count). The molecule has 0 radical (unpaired) electrons. The van der Waals surface area contributed by atoms with Gasteiger partial charge in [0.05, 0.1) is 21.8 Å². The van der Waals surface area contributed by atoms with Crippen molar-refractivity contribution in [3.8, 4) is 29.1 Å². The summed E-state index contributed by atoms with van der Waals surface area (Å²) in [5, 5.41) is 29.1. The quantitative estimate of drug-likeness (QED) is 0.607. The number of rotatable bonds is 4. The van der Waals surface area contributed by atoms with Gasteiger partial charge in [0.2, 0.25) is 0 Å². The number of fused-ring (bicyclic) bond motifs is 1. The number of H-pyrrole nitrogens is 1. The van der Waals surface area contributed by atoms with E-state index in [1.165, 1.54) is 0 Å². The smallest absolute Gasteiger partial charge is 0.341 e. The summed E-state index contributed by atoms with van der Waals surface area (Å²) in [6.07, 6.45) is 1.79. The fraction of sp³-hybridized carbons (Fsp3) is 0.0952. The first-order chi connectivity index (χ1) is 13.8. The number of aromatic amines is 1. The number of hydrogen-bond donors (Lipinski definition) is 3. The van der Waals surface area contributed by atoms with Gasteiger partial charge in [0.15, 0.2) is 6.61 Å². The van der Waals surface area contributed by atoms with Gasteiger partial charge in [-0.2, -0.15) is 10.5 Å². The Morgan fingerprint density at radius 2 is 2.07 bits per heavy atom. The second-order valence-electron chi connectivity index (χ2n) is 6.30. The van der Waals surface area contributed by atoms with Crippen molar-refractivity contribution in [2.75, 3.05) is 12.3 Å². The molecule has 1 aliphatic heterocycles. The van der Waals surface area contributed by atoms with Gasteiger partial charge in [-0.15, -0.1) is 0 Å². The van der Waals surface area contributed by atoms with Gasteiger partial charge < -0.3 is 20.6 Å². The van der Waals surface area contributed by atoms with Crippen LogP contribution in [0.25, 0.3) is 23.9 Å². The molecule has 0 fully saturated rings. The van der Waals surface area contributed by atoms with Crippen LogP contribution in [0.2, 0.25) is 5.02 Å². The summed E-state index contributed by atoms with van der Waals surface area (Å²) in [4.78, 5) is 13.6. The zero-order valence-corrected chi connectivity index (χ0v) is 16.1. The van der Waals surface area contributed by atoms with Crippen LogP contribution in [-0.4, -0.2) is 22.7 Å². The number of pyridine rings is 1. The number of hydrogen-bond acceptors (Lipinski definition) is 5. The maximum absolute atomic E-state index is 10.7. The first-order valence-corrected chi connectivity index (χ1v) is 8.75. The van der Waals surface area contributed by atoms with E-state index in [4.69, 9.17) is 27.2 Å². The highest BCUT2D eigenvalue weighted by Gasteiger charge is 2.21. The van der Waals surface area contributed by atoms with Crippen molar-refractivity contribution in [3.63, 3.8) is 0 Å². The van der Waals surface area contributed by atoms with Gasteiger partial charge in [-0.3, -0.25) is 0 Å². The predicted molar refractivity (Wildman–Crippen MR) is 109 cm³/mol. The van der Waals surface area contributed by atoms with Crippen LogP contribution >= 0.6 is 11.6 Å². The average Bonchev–Trinajstić information content (AvgIpc) is 2.92. The van der Waals surface area contributed by atoms with Crippen LogP contribution in [0.5, 0.6) is 5.75 Å². The lowest BCUT2D eigenvalue weighted by atomic mass is 10.0. The van der Waals surface area contributed by atoms with E-state index in [1.54, 1.807) is 31.2 Å². The molecule has 0 saturated carbocycles. The maximum Gasteiger partial charge on any atom is 0.341 e. The zero-order valence-electron chi connectivity index (χ0n) is 15.3. The van der Waals surface area contributed by atoms with Crippen LogP contribution in [0.3, 0.4) is 0 Å². The molecular formula is C21H15ClN4O3. The van der Waals surface area contributed by atoms with Crippen molar-refractivity contribution < 1.29 is 14.6 Å². The van der Waals surface area contributed by atoms with E-state index < -0.39 is 12.6 Å². The summed E-state index contributed by atoms with van der Waals surface area (Å²) in [6.45, 7) is 5.28. The maximum atomic E-state index is 10.7. The minimum atomic E-state index is -1.11. The Morgan fingerprint density at radius 1 is 1.38 bits per heavy atom. The number of ether oxygens (including phenoxy) is 1. The number of nitrogens with two attached hydrogens (primary N) is 1. The van der Waals surface area contributed by atoms with E-state index in [1.807, 2.05) is 0 Å². The Bertz CT molecular complexity index is 1310. The summed E-state index contributed by atoms with van der Waals surface area (Å²) in [5.41, 5.74) is 9.11. The molecule has 0 atom stereocenters. The average molecular weight is 407 g/mol. The van der Waals surface area contributed by atoms with Crippen LogP contribution in [0.1, 0.15) is 22.3 Å². The standard InChI is InChI=1S/C21H15ClN4O3/c1-10-13(5-12-3-4-17(16(22)6-12)29-9-18(27)28)19-11(2)15(8-24)21(25)26-20(19)14(10)7-23/h3-6,26H,1,9,25H2,2H3,(H,27,28)/b13-5-. The number of nitrogen functional groups attached to an aromatic ring is 1. The van der Waals surface area contributed by atoms with Gasteiger partial charge in [0.1, 0.15) is 23.7 Å². The number of carboxylic acid groups (broad SMARTS) is 1. The summed E-state index contributed by atoms with van der Waals surface area (Å²) in [6, 6.07) is 9.09. The SMILES string of the molecule is C=c1c(C#N)c2[nH]c(N)c(C#N)c(C)c-2/c1=C\c1ccc(OCC(=O)O)c(Cl)c1. The Morgan fingerprint density at radius 3 is 2.66 bits per heavy atom. The number of nitrogens with zero attached hydrogens (tertiary/aromatic N) is 2. The first kappa shape index (κ1) is 19.8. The molecule has 0 unspecified atom stereocenters. The Kier molecular flexibility index (Phi) is 5.18. The number of carboxylic acids is 1. The summed E-state index contributed by atoms with van der Waals surface area (Å²) in [7, 11) is 0. The van der Waals surface area contributed by atoms with Gasteiger partial charge in [-0.25, -0.2) is 4.79 Å². The topological polar surface area (TPSA) is 136 Å². The van der Waals surface area contributed by atoms with Gasteiger partial charge in [-0.05, 0) is 46.7 Å². The fourth-order valence-corrected chi connectivity index (χ4v) is 3.44. The molecule has 7 nitrogen and oxygen atoms in total. The van der Waals surface area contributed by atoms with E-state index in [2.05, 4.69) is 23.7 Å². The number of aliphatic carboxylic acids is 1. The zero-order chi connectivity index (χ0) is 21.3. The number of carbonyl (C=O) groups is 1. The molecule has 1 aliphatic carbocycles. The molecular weight excluding hydrogens is 392 g/mol. The number of nitriles is 2. The van der Waals surface area contributed by atoms with Crippen molar-refractivity contribution in [1.82, 2.24) is 4.98 Å². The highest BCUT2D eigenvalue weighted by atomic mass is 35.5. The number of benzene rings is 1. The summed E-state index contributed by atoms with van der Waals surface area (Å²) < 4.78 is 5.13. The molecule has 1 aromatic rings. The number of halogens is 1. The van der Waals surface area contributed by atoms with E-state index in [0.717, 1.165) is 0 Å². The Hall–Kier alpha value is -3.94. The van der Waals surface area contributed by atoms with E-state index in [-0.39, 0.29) is 16.6 Å². The number of nitrogens with one attached hydrogen (secondary N) is 1. The molecule has 8 heteroatoms. The molecule has 29 heavy (non-hydrogen) atoms. The predicted octanol–water partition coefficient (Wildman–Crippen LogP) is 2.11. The Labute approximate surface area is 170 Å². The third-order valence-corrected chi connectivity index (χ3v) is 4.81. The van der Waals surface area contributed by atoms with Crippen molar-refractivity contribution in [2.24, 2.45) is 0 Å². The van der Waals surface area contributed by atoms with Crippen molar-refractivity contribution in [3.05, 3.63) is 55.9 Å². The van der Waals surface area contributed by atoms with Crippen LogP contribution in [-0.2, 0) is 4.79 Å². The molecule has 0 saturated heterocycles. The van der Waals surface area contributed by atoms with Gasteiger partial charge >= 0.3 is 5.97 Å². The van der Waals surface area contributed by atoms with E-state index >= 15 is 0 Å². The first-order valence-electron chi connectivity index (χ1n) is 8.37. The van der Waals surface area contributed by atoms with Crippen LogP contribution in [0.15, 0.2) is 18.2 Å². The largest absolute Gasteiger partial charge is 0.480 e. The highest BCUT2D eigenvalue weighted by molar-refractivity contribution is 6.32. The normalized spacial score (nSPS) is 11.2. The molecule has 0 amide bonds. The second kappa shape index (κ2) is 7.59. The Balaban J connectivity index is 2.24. The van der Waals surface area contributed by atoms with Crippen molar-refractivity contribution in [2.45, 2.75) is 6.92 Å². The van der Waals surface area contributed by atoms with E-state index in [9.17, 15) is 15.3 Å². The van der Waals surface area contributed by atoms with Gasteiger partial charge in [0, 0.05) is 5.56 Å². The number of anilines is 1. The molecule has 2 aliphatic rings. The molecule has 0 aromatic heterocycles. The third-order valence-electron chi connectivity index (χ3n) is 4.52. The summed E-state index contributed by atoms with van der Waals surface area (Å²) >= 11 is 6.20. The van der Waals surface area contributed by atoms with Crippen molar-refractivity contribution >= 4 is 36.0 Å². The lowest BCUT2D eigenvalue weighted by Gasteiger charge is -2.10. The fourth-order valence-electron chi connectivity index (χ4n) is 3.19. The third kappa shape index (κ3) is 3.47. The molecule has 4 N–H and O–H groups in total.